The van der Waals surface area contributed by atoms with E-state index in [0.717, 1.165) is 11.6 Å². The molecule has 1 N–H and O–H groups in total. The predicted octanol–water partition coefficient (Wildman–Crippen LogP) is 4.38. The Bertz CT molecular complexity index is 656. The molecule has 0 aliphatic heterocycles. The van der Waals surface area contributed by atoms with Crippen molar-refractivity contribution >= 4 is 42.9 Å². The third-order valence-electron chi connectivity index (χ3n) is 3.86. The van der Waals surface area contributed by atoms with Crippen LogP contribution in [-0.2, 0) is 6.04 Å². The molecule has 0 bridgehead atoms. The molecule has 108 valence electrons. The Balaban J connectivity index is 2.49. The van der Waals surface area contributed by atoms with Gasteiger partial charge in [-0.05, 0) is 34.3 Å². The fraction of sp³-hybridized carbons (Fsp3) is 0.429. The van der Waals surface area contributed by atoms with Crippen LogP contribution in [0.2, 0.25) is 22.0 Å². The lowest BCUT2D eigenvalue weighted by Crippen LogP contribution is -2.24. The second-order valence-electron chi connectivity index (χ2n) is 6.22. The van der Waals surface area contributed by atoms with Gasteiger partial charge in [-0.1, -0.05) is 45.0 Å². The van der Waals surface area contributed by atoms with Crippen LogP contribution in [0.4, 0.5) is 0 Å². The summed E-state index contributed by atoms with van der Waals surface area (Å²) >= 11 is 11.8. The highest BCUT2D eigenvalue weighted by molar-refractivity contribution is 6.60. The molecule has 0 saturated carbocycles. The van der Waals surface area contributed by atoms with E-state index in [0.29, 0.717) is 15.9 Å². The number of rotatable bonds is 2. The number of halogens is 2. The summed E-state index contributed by atoms with van der Waals surface area (Å²) in [5.41, 5.74) is 1.35. The third-order valence-corrected chi connectivity index (χ3v) is 8.32. The fourth-order valence-electron chi connectivity index (χ4n) is 1.96. The maximum absolute atomic E-state index is 10.4. The van der Waals surface area contributed by atoms with E-state index in [1.165, 1.54) is 0 Å². The van der Waals surface area contributed by atoms with Crippen LogP contribution in [0.5, 0.6) is 5.75 Å². The van der Waals surface area contributed by atoms with Crippen LogP contribution in [-0.4, -0.2) is 23.9 Å². The van der Waals surface area contributed by atoms with Crippen molar-refractivity contribution in [3.63, 3.8) is 0 Å². The molecule has 0 aliphatic carbocycles. The average molecular weight is 329 g/mol. The molecule has 0 spiro atoms. The smallest absolute Gasteiger partial charge is 0.224 e. The number of hydrogen-bond donors (Lipinski definition) is 1. The minimum absolute atomic E-state index is 0.0519. The van der Waals surface area contributed by atoms with Crippen molar-refractivity contribution in [1.29, 1.82) is 0 Å². The molecule has 0 aliphatic rings. The second-order valence-corrected chi connectivity index (χ2v) is 10.9. The Morgan fingerprint density at radius 2 is 1.85 bits per heavy atom. The molecule has 2 rings (SSSR count). The van der Waals surface area contributed by atoms with Gasteiger partial charge in [0, 0.05) is 14.2 Å². The molecule has 0 fully saturated rings. The quantitative estimate of drug-likeness (QED) is 0.505. The van der Waals surface area contributed by atoms with Gasteiger partial charge in [0.25, 0.3) is 0 Å². The molecule has 0 radical (unpaired) electrons. The molecule has 0 saturated heterocycles. The molecule has 1 aromatic heterocycles. The van der Waals surface area contributed by atoms with Crippen molar-refractivity contribution in [3.8, 4) is 5.75 Å². The van der Waals surface area contributed by atoms with Gasteiger partial charge in [-0.3, -0.25) is 0 Å². The number of phenols is 1. The Morgan fingerprint density at radius 3 is 2.45 bits per heavy atom. The van der Waals surface area contributed by atoms with Crippen LogP contribution in [0.3, 0.4) is 0 Å². The fourth-order valence-corrected chi connectivity index (χ4v) is 4.01. The summed E-state index contributed by atoms with van der Waals surface area (Å²) in [4.78, 5) is 7.99. The normalized spacial score (nSPS) is 13.7. The largest absolute Gasteiger partial charge is 0.505 e. The SMILES string of the molecule is C[SiH](Cc1ccc2c(Cl)nc(Cl)nc2c1O)C(C)(C)C. The molecule has 2 aromatic rings. The van der Waals surface area contributed by atoms with Crippen molar-refractivity contribution in [1.82, 2.24) is 9.97 Å². The lowest BCUT2D eigenvalue weighted by molar-refractivity contribution is 0.475. The minimum Gasteiger partial charge on any atom is -0.505 e. The third kappa shape index (κ3) is 3.08. The van der Waals surface area contributed by atoms with E-state index in [9.17, 15) is 5.11 Å². The van der Waals surface area contributed by atoms with Crippen molar-refractivity contribution in [3.05, 3.63) is 28.1 Å². The van der Waals surface area contributed by atoms with Crippen LogP contribution >= 0.6 is 23.2 Å². The zero-order chi connectivity index (χ0) is 15.1. The molecule has 3 nitrogen and oxygen atoms in total. The van der Waals surface area contributed by atoms with E-state index in [1.54, 1.807) is 0 Å². The van der Waals surface area contributed by atoms with Crippen molar-refractivity contribution < 1.29 is 5.11 Å². The molecule has 1 heterocycles. The highest BCUT2D eigenvalue weighted by Crippen LogP contribution is 2.35. The van der Waals surface area contributed by atoms with Gasteiger partial charge >= 0.3 is 0 Å². The predicted molar refractivity (Wildman–Crippen MR) is 87.7 cm³/mol. The lowest BCUT2D eigenvalue weighted by Gasteiger charge is -2.26. The number of benzene rings is 1. The number of nitrogens with zero attached hydrogens (tertiary/aromatic N) is 2. The van der Waals surface area contributed by atoms with E-state index in [1.807, 2.05) is 12.1 Å². The molecular weight excluding hydrogens is 311 g/mol. The van der Waals surface area contributed by atoms with E-state index in [-0.39, 0.29) is 16.2 Å². The highest BCUT2D eigenvalue weighted by atomic mass is 35.5. The molecule has 20 heavy (non-hydrogen) atoms. The Kier molecular flexibility index (Phi) is 4.28. The van der Waals surface area contributed by atoms with Crippen LogP contribution in [0, 0.1) is 0 Å². The summed E-state index contributed by atoms with van der Waals surface area (Å²) < 4.78 is 0. The Labute approximate surface area is 130 Å². The van der Waals surface area contributed by atoms with Gasteiger partial charge in [-0.15, -0.1) is 0 Å². The standard InChI is InChI=1S/C14H18Cl2N2OSi/c1-14(2,3)20(4)7-8-5-6-9-10(11(8)19)17-13(16)18-12(9)15/h5-6,19-20H,7H2,1-4H3. The first-order valence-corrected chi connectivity index (χ1v) is 9.84. The maximum atomic E-state index is 10.4. The van der Waals surface area contributed by atoms with Gasteiger partial charge in [0.05, 0.1) is 0 Å². The molecular formula is C14H18Cl2N2OSi. The zero-order valence-corrected chi connectivity index (χ0v) is 14.7. The number of phenolic OH excluding ortho intramolecular Hbond substituents is 1. The number of aromatic nitrogens is 2. The minimum atomic E-state index is -1.02. The molecule has 1 unspecified atom stereocenters. The molecule has 1 aromatic carbocycles. The first-order valence-electron chi connectivity index (χ1n) is 6.53. The van der Waals surface area contributed by atoms with Gasteiger partial charge in [0.2, 0.25) is 5.28 Å². The van der Waals surface area contributed by atoms with Crippen LogP contribution in [0.25, 0.3) is 10.9 Å². The summed E-state index contributed by atoms with van der Waals surface area (Å²) in [5, 5.41) is 11.7. The first-order chi connectivity index (χ1) is 9.20. The molecule has 0 amide bonds. The monoisotopic (exact) mass is 328 g/mol. The van der Waals surface area contributed by atoms with Crippen LogP contribution in [0.15, 0.2) is 12.1 Å². The van der Waals surface area contributed by atoms with E-state index >= 15 is 0 Å². The number of hydrogen-bond acceptors (Lipinski definition) is 3. The van der Waals surface area contributed by atoms with Crippen molar-refractivity contribution in [2.45, 2.75) is 38.4 Å². The van der Waals surface area contributed by atoms with Crippen LogP contribution < -0.4 is 0 Å². The molecule has 6 heteroatoms. The highest BCUT2D eigenvalue weighted by Gasteiger charge is 2.23. The molecule has 1 atom stereocenters. The maximum Gasteiger partial charge on any atom is 0.224 e. The number of aromatic hydroxyl groups is 1. The van der Waals surface area contributed by atoms with E-state index < -0.39 is 8.80 Å². The second kappa shape index (κ2) is 5.51. The summed E-state index contributed by atoms with van der Waals surface area (Å²) in [6.45, 7) is 9.05. The van der Waals surface area contributed by atoms with Gasteiger partial charge in [-0.2, -0.15) is 0 Å². The van der Waals surface area contributed by atoms with Crippen molar-refractivity contribution in [2.24, 2.45) is 0 Å². The van der Waals surface area contributed by atoms with Gasteiger partial charge in [-0.25, -0.2) is 9.97 Å². The van der Waals surface area contributed by atoms with Gasteiger partial charge in [0.1, 0.15) is 16.4 Å². The Hall–Kier alpha value is -0.843. The average Bonchev–Trinajstić information content (AvgIpc) is 2.32. The van der Waals surface area contributed by atoms with Crippen molar-refractivity contribution in [2.75, 3.05) is 0 Å². The number of fused-ring (bicyclic) bond motifs is 1. The summed E-state index contributed by atoms with van der Waals surface area (Å²) in [6.07, 6.45) is 0. The summed E-state index contributed by atoms with van der Waals surface area (Å²) in [6, 6.07) is 4.67. The van der Waals surface area contributed by atoms with Crippen LogP contribution in [0.1, 0.15) is 26.3 Å². The lowest BCUT2D eigenvalue weighted by atomic mass is 10.1. The van der Waals surface area contributed by atoms with Gasteiger partial charge in [0.15, 0.2) is 0 Å². The first kappa shape index (κ1) is 15.5. The Morgan fingerprint density at radius 1 is 1.20 bits per heavy atom. The van der Waals surface area contributed by atoms with Gasteiger partial charge < -0.3 is 5.11 Å². The topological polar surface area (TPSA) is 46.0 Å². The summed E-state index contributed by atoms with van der Waals surface area (Å²) in [5.74, 6) is 0.178. The summed E-state index contributed by atoms with van der Waals surface area (Å²) in [7, 11) is -1.02. The van der Waals surface area contributed by atoms with E-state index in [2.05, 4.69) is 37.3 Å². The van der Waals surface area contributed by atoms with E-state index in [4.69, 9.17) is 23.2 Å². The zero-order valence-electron chi connectivity index (χ0n) is 12.0.